The zero-order chi connectivity index (χ0) is 20.9. The number of hydrogen-bond acceptors (Lipinski definition) is 4. The van der Waals surface area contributed by atoms with Crippen molar-refractivity contribution in [2.24, 2.45) is 0 Å². The second kappa shape index (κ2) is 13.0. The lowest BCUT2D eigenvalue weighted by Gasteiger charge is -2.14. The molecule has 5 nitrogen and oxygen atoms in total. The van der Waals surface area contributed by atoms with Crippen LogP contribution < -0.4 is 10.1 Å². The van der Waals surface area contributed by atoms with E-state index in [4.69, 9.17) is 9.84 Å². The average Bonchev–Trinajstić information content (AvgIpc) is 2.70. The minimum absolute atomic E-state index is 0.235. The maximum Gasteiger partial charge on any atom is 0.303 e. The lowest BCUT2D eigenvalue weighted by Crippen LogP contribution is -2.24. The highest BCUT2D eigenvalue weighted by atomic mass is 16.5. The van der Waals surface area contributed by atoms with Crippen molar-refractivity contribution in [3.8, 4) is 5.75 Å². The molecule has 0 amide bonds. The zero-order valence-electron chi connectivity index (χ0n) is 17.7. The van der Waals surface area contributed by atoms with Crippen LogP contribution in [0.1, 0.15) is 32.1 Å². The molecule has 29 heavy (non-hydrogen) atoms. The quantitative estimate of drug-likeness (QED) is 0.366. The predicted molar refractivity (Wildman–Crippen MR) is 120 cm³/mol. The Kier molecular flexibility index (Phi) is 10.2. The Morgan fingerprint density at radius 1 is 1.10 bits per heavy atom. The smallest absolute Gasteiger partial charge is 0.303 e. The third kappa shape index (κ3) is 9.11. The summed E-state index contributed by atoms with van der Waals surface area (Å²) in [5.74, 6) is 0.170. The fourth-order valence-electron chi connectivity index (χ4n) is 3.17. The van der Waals surface area contributed by atoms with Gasteiger partial charge in [0.1, 0.15) is 12.4 Å². The van der Waals surface area contributed by atoms with E-state index in [9.17, 15) is 4.79 Å². The van der Waals surface area contributed by atoms with Crippen molar-refractivity contribution in [2.75, 3.05) is 40.3 Å². The molecule has 2 rings (SSSR count). The second-order valence-corrected chi connectivity index (χ2v) is 7.60. The fourth-order valence-corrected chi connectivity index (χ4v) is 3.17. The van der Waals surface area contributed by atoms with E-state index in [0.717, 1.165) is 50.0 Å². The van der Waals surface area contributed by atoms with Crippen molar-refractivity contribution >= 4 is 16.7 Å². The lowest BCUT2D eigenvalue weighted by atomic mass is 10.1. The summed E-state index contributed by atoms with van der Waals surface area (Å²) in [6.45, 7) is 3.35. The molecule has 0 fully saturated rings. The van der Waals surface area contributed by atoms with Gasteiger partial charge in [0.25, 0.3) is 0 Å². The van der Waals surface area contributed by atoms with Crippen LogP contribution in [0.15, 0.2) is 54.1 Å². The number of carboxylic acids is 1. The molecule has 0 heterocycles. The maximum absolute atomic E-state index is 10.7. The first-order valence-electron chi connectivity index (χ1n) is 10.4. The molecule has 0 saturated heterocycles. The molecule has 2 aromatic carbocycles. The zero-order valence-corrected chi connectivity index (χ0v) is 17.7. The third-order valence-electron chi connectivity index (χ3n) is 4.75. The van der Waals surface area contributed by atoms with Crippen LogP contribution in [0.25, 0.3) is 10.8 Å². The van der Waals surface area contributed by atoms with Gasteiger partial charge in [-0.15, -0.1) is 0 Å². The summed E-state index contributed by atoms with van der Waals surface area (Å²) < 4.78 is 6.16. The number of ether oxygens (including phenoxy) is 1. The van der Waals surface area contributed by atoms with Gasteiger partial charge in [0.05, 0.1) is 0 Å². The van der Waals surface area contributed by atoms with E-state index in [1.54, 1.807) is 0 Å². The molecule has 0 spiro atoms. The lowest BCUT2D eigenvalue weighted by molar-refractivity contribution is -0.137. The van der Waals surface area contributed by atoms with Gasteiger partial charge < -0.3 is 20.1 Å². The summed E-state index contributed by atoms with van der Waals surface area (Å²) in [4.78, 5) is 12.8. The van der Waals surface area contributed by atoms with Crippen molar-refractivity contribution < 1.29 is 14.6 Å². The summed E-state index contributed by atoms with van der Waals surface area (Å²) >= 11 is 0. The molecule has 2 N–H and O–H groups in total. The van der Waals surface area contributed by atoms with Crippen LogP contribution in [-0.4, -0.2) is 56.3 Å². The van der Waals surface area contributed by atoms with E-state index in [1.807, 2.05) is 24.3 Å². The molecule has 0 aliphatic heterocycles. The van der Waals surface area contributed by atoms with Crippen molar-refractivity contribution in [1.29, 1.82) is 0 Å². The Morgan fingerprint density at radius 3 is 2.69 bits per heavy atom. The Labute approximate surface area is 174 Å². The minimum atomic E-state index is -0.726. The van der Waals surface area contributed by atoms with E-state index >= 15 is 0 Å². The highest BCUT2D eigenvalue weighted by molar-refractivity contribution is 5.88. The van der Waals surface area contributed by atoms with Crippen LogP contribution >= 0.6 is 0 Å². The van der Waals surface area contributed by atoms with Crippen molar-refractivity contribution in [1.82, 2.24) is 10.2 Å². The molecule has 158 valence electrons. The summed E-state index contributed by atoms with van der Waals surface area (Å²) in [5, 5.41) is 14.6. The number of nitrogens with one attached hydrogen (secondary N) is 1. The first-order chi connectivity index (χ1) is 14.1. The number of fused-ring (bicyclic) bond motifs is 1. The van der Waals surface area contributed by atoms with E-state index < -0.39 is 5.97 Å². The van der Waals surface area contributed by atoms with Gasteiger partial charge in [-0.1, -0.05) is 42.5 Å². The molecular formula is C24H34N2O3. The molecule has 0 aromatic heterocycles. The first-order valence-corrected chi connectivity index (χ1v) is 10.4. The molecule has 0 bridgehead atoms. The van der Waals surface area contributed by atoms with E-state index in [0.29, 0.717) is 13.0 Å². The molecule has 0 radical (unpaired) electrons. The molecule has 0 aliphatic rings. The van der Waals surface area contributed by atoms with Crippen LogP contribution in [0.3, 0.4) is 0 Å². The number of hydrogen-bond donors (Lipinski definition) is 2. The number of benzene rings is 2. The van der Waals surface area contributed by atoms with Crippen LogP contribution in [0.4, 0.5) is 0 Å². The monoisotopic (exact) mass is 398 g/mol. The minimum Gasteiger partial charge on any atom is -0.489 e. The van der Waals surface area contributed by atoms with Crippen LogP contribution in [0, 0.1) is 0 Å². The van der Waals surface area contributed by atoms with Gasteiger partial charge in [-0.3, -0.25) is 4.79 Å². The Morgan fingerprint density at radius 2 is 1.90 bits per heavy atom. The van der Waals surface area contributed by atoms with Gasteiger partial charge in [0.2, 0.25) is 0 Å². The molecule has 0 unspecified atom stereocenters. The van der Waals surface area contributed by atoms with E-state index in [-0.39, 0.29) is 6.42 Å². The molecule has 0 saturated carbocycles. The van der Waals surface area contributed by atoms with Crippen LogP contribution in [0.5, 0.6) is 5.75 Å². The SMILES string of the molecule is CN(C)CCCNCC(=CCCCCC(=O)O)COc1cccc2ccccc12. The molecular weight excluding hydrogens is 364 g/mol. The molecule has 2 aromatic rings. The highest BCUT2D eigenvalue weighted by Crippen LogP contribution is 2.25. The number of unbranched alkanes of at least 4 members (excludes halogenated alkanes) is 2. The van der Waals surface area contributed by atoms with Gasteiger partial charge in [-0.25, -0.2) is 0 Å². The van der Waals surface area contributed by atoms with Gasteiger partial charge in [-0.05, 0) is 69.9 Å². The van der Waals surface area contributed by atoms with Crippen LogP contribution in [0.2, 0.25) is 0 Å². The van der Waals surface area contributed by atoms with Crippen molar-refractivity contribution in [3.63, 3.8) is 0 Å². The summed E-state index contributed by atoms with van der Waals surface area (Å²) in [7, 11) is 4.17. The fraction of sp³-hybridized carbons (Fsp3) is 0.458. The number of nitrogens with zero attached hydrogens (tertiary/aromatic N) is 1. The predicted octanol–water partition coefficient (Wildman–Crippen LogP) is 4.33. The number of aliphatic carboxylic acids is 1. The van der Waals surface area contributed by atoms with Crippen molar-refractivity contribution in [3.05, 3.63) is 54.1 Å². The Balaban J connectivity index is 1.91. The van der Waals surface area contributed by atoms with Crippen LogP contribution in [-0.2, 0) is 4.79 Å². The average molecular weight is 399 g/mol. The Bertz CT molecular complexity index is 781. The molecule has 0 atom stereocenters. The summed E-state index contributed by atoms with van der Waals surface area (Å²) in [6.07, 6.45) is 6.00. The highest BCUT2D eigenvalue weighted by Gasteiger charge is 2.04. The van der Waals surface area contributed by atoms with Gasteiger partial charge in [0, 0.05) is 18.4 Å². The number of carboxylic acid groups (broad SMARTS) is 1. The van der Waals surface area contributed by atoms with Gasteiger partial charge >= 0.3 is 5.97 Å². The third-order valence-corrected chi connectivity index (χ3v) is 4.75. The summed E-state index contributed by atoms with van der Waals surface area (Å²) in [6, 6.07) is 14.4. The number of rotatable bonds is 14. The van der Waals surface area contributed by atoms with E-state index in [2.05, 4.69) is 48.6 Å². The Hall–Kier alpha value is -2.37. The maximum atomic E-state index is 10.7. The van der Waals surface area contributed by atoms with E-state index in [1.165, 1.54) is 11.0 Å². The number of carbonyl (C=O) groups is 1. The molecule has 5 heteroatoms. The number of allylic oxidation sites excluding steroid dienone is 1. The first kappa shape index (κ1) is 22.9. The largest absolute Gasteiger partial charge is 0.489 e. The molecule has 0 aliphatic carbocycles. The van der Waals surface area contributed by atoms with Gasteiger partial charge in [-0.2, -0.15) is 0 Å². The van der Waals surface area contributed by atoms with Gasteiger partial charge in [0.15, 0.2) is 0 Å². The normalized spacial score (nSPS) is 11.9. The summed E-state index contributed by atoms with van der Waals surface area (Å²) in [5.41, 5.74) is 1.21. The van der Waals surface area contributed by atoms with Crippen molar-refractivity contribution in [2.45, 2.75) is 32.1 Å². The standard InChI is InChI=1S/C24H34N2O3/c1-26(2)17-9-16-25-18-20(10-4-3-5-15-24(27)28)19-29-23-14-8-12-21-11-6-7-13-22(21)23/h6-8,10-14,25H,3-5,9,15-19H2,1-2H3,(H,27,28). The second-order valence-electron chi connectivity index (χ2n) is 7.60. The topological polar surface area (TPSA) is 61.8 Å².